The first-order valence-electron chi connectivity index (χ1n) is 13.0. The van der Waals surface area contributed by atoms with Crippen LogP contribution in [-0.2, 0) is 22.4 Å². The van der Waals surface area contributed by atoms with Gasteiger partial charge >= 0.3 is 0 Å². The average Bonchev–Trinajstić information content (AvgIpc) is 2.84. The molecule has 0 saturated heterocycles. The number of ether oxygens (including phenoxy) is 1. The van der Waals surface area contributed by atoms with Crippen molar-refractivity contribution >= 4 is 18.6 Å². The number of allylic oxidation sites excluding steroid dienone is 2. The quantitative estimate of drug-likeness (QED) is 0.106. The normalized spacial score (nSPS) is 12.4. The Morgan fingerprint density at radius 2 is 1.37 bits per heavy atom. The SMILES string of the molecule is CC(C)(CO)CCCCc1cc(O)cc(/C=C/Cc2cc(O)cc(/C=C/CCC(C)(C)OC=O)c2O)c1O. The van der Waals surface area contributed by atoms with Gasteiger partial charge in [0.2, 0.25) is 0 Å². The number of carbonyl (C=O) groups excluding carboxylic acids is 1. The molecule has 0 saturated carbocycles. The molecule has 0 aliphatic rings. The number of aliphatic hydroxyl groups is 1. The van der Waals surface area contributed by atoms with Crippen molar-refractivity contribution in [3.63, 3.8) is 0 Å². The molecular formula is C31H42O7. The maximum Gasteiger partial charge on any atom is 0.293 e. The Morgan fingerprint density at radius 1 is 0.789 bits per heavy atom. The molecule has 5 N–H and O–H groups in total. The van der Waals surface area contributed by atoms with Crippen LogP contribution >= 0.6 is 0 Å². The molecule has 0 radical (unpaired) electrons. The molecule has 0 atom stereocenters. The third-order valence-electron chi connectivity index (χ3n) is 6.60. The molecule has 0 spiro atoms. The molecule has 2 aromatic carbocycles. The number of aromatic hydroxyl groups is 4. The van der Waals surface area contributed by atoms with Crippen molar-refractivity contribution in [3.8, 4) is 23.0 Å². The van der Waals surface area contributed by atoms with Gasteiger partial charge in [0.15, 0.2) is 0 Å². The van der Waals surface area contributed by atoms with E-state index in [1.54, 1.807) is 24.3 Å². The Bertz CT molecular complexity index is 1130. The van der Waals surface area contributed by atoms with Gasteiger partial charge in [0.05, 0.1) is 0 Å². The summed E-state index contributed by atoms with van der Waals surface area (Å²) in [5, 5.41) is 51.2. The zero-order chi connectivity index (χ0) is 28.3. The molecular weight excluding hydrogens is 484 g/mol. The number of aryl methyl sites for hydroxylation is 1. The van der Waals surface area contributed by atoms with Gasteiger partial charge in [0.1, 0.15) is 28.6 Å². The number of carbonyl (C=O) groups is 1. The molecule has 0 unspecified atom stereocenters. The fourth-order valence-corrected chi connectivity index (χ4v) is 4.14. The number of hydrogen-bond acceptors (Lipinski definition) is 7. The Labute approximate surface area is 225 Å². The van der Waals surface area contributed by atoms with Crippen LogP contribution in [0.1, 0.15) is 82.1 Å². The Hall–Kier alpha value is -3.45. The van der Waals surface area contributed by atoms with Crippen LogP contribution in [0, 0.1) is 5.41 Å². The minimum absolute atomic E-state index is 0.0160. The average molecular weight is 527 g/mol. The second kappa shape index (κ2) is 13.9. The van der Waals surface area contributed by atoms with Crippen LogP contribution in [0.15, 0.2) is 36.4 Å². The molecule has 0 amide bonds. The summed E-state index contributed by atoms with van der Waals surface area (Å²) < 4.78 is 5.03. The zero-order valence-electron chi connectivity index (χ0n) is 22.9. The van der Waals surface area contributed by atoms with Crippen molar-refractivity contribution < 1.29 is 35.1 Å². The van der Waals surface area contributed by atoms with Gasteiger partial charge in [-0.2, -0.15) is 0 Å². The number of phenols is 4. The topological polar surface area (TPSA) is 127 Å². The van der Waals surface area contributed by atoms with Crippen molar-refractivity contribution in [1.82, 2.24) is 0 Å². The standard InChI is InChI=1S/C31H42O7/c1-30(2,20-32)14-7-5-10-22-16-26(34)18-24(28(22)36)12-9-13-25-19-27(35)17-23(29(25)37)11-6-8-15-31(3,4)38-21-33/h6,9,11-12,16-19,21,32,34-37H,5,7-8,10,13-15,20H2,1-4H3/b11-6+,12-9+. The molecule has 0 aliphatic carbocycles. The number of unbranched alkanes of at least 4 members (excludes halogenated alkanes) is 1. The molecule has 0 bridgehead atoms. The molecule has 0 aromatic heterocycles. The number of hydrogen-bond donors (Lipinski definition) is 5. The molecule has 2 rings (SSSR count). The predicted molar refractivity (Wildman–Crippen MR) is 150 cm³/mol. The maximum absolute atomic E-state index is 10.7. The lowest BCUT2D eigenvalue weighted by molar-refractivity contribution is -0.140. The third kappa shape index (κ3) is 9.78. The first kappa shape index (κ1) is 30.8. The van der Waals surface area contributed by atoms with Crippen LogP contribution in [0.4, 0.5) is 0 Å². The molecule has 0 aliphatic heterocycles. The van der Waals surface area contributed by atoms with Crippen LogP contribution in [0.3, 0.4) is 0 Å². The van der Waals surface area contributed by atoms with Crippen LogP contribution in [-0.4, -0.2) is 44.2 Å². The minimum Gasteiger partial charge on any atom is -0.508 e. The van der Waals surface area contributed by atoms with E-state index < -0.39 is 5.60 Å². The highest BCUT2D eigenvalue weighted by Gasteiger charge is 2.17. The molecule has 7 heteroatoms. The van der Waals surface area contributed by atoms with Gasteiger partial charge in [-0.1, -0.05) is 44.6 Å². The number of rotatable bonds is 15. The zero-order valence-corrected chi connectivity index (χ0v) is 22.9. The number of phenolic OH excluding ortho intramolecular Hbond substituents is 4. The smallest absolute Gasteiger partial charge is 0.293 e. The van der Waals surface area contributed by atoms with Gasteiger partial charge < -0.3 is 30.3 Å². The first-order valence-corrected chi connectivity index (χ1v) is 13.0. The highest BCUT2D eigenvalue weighted by Crippen LogP contribution is 2.33. The summed E-state index contributed by atoms with van der Waals surface area (Å²) >= 11 is 0. The summed E-state index contributed by atoms with van der Waals surface area (Å²) in [5.41, 5.74) is 1.38. The van der Waals surface area contributed by atoms with Gasteiger partial charge in [-0.15, -0.1) is 0 Å². The highest BCUT2D eigenvalue weighted by atomic mass is 16.5. The van der Waals surface area contributed by atoms with E-state index in [1.165, 1.54) is 18.2 Å². The van der Waals surface area contributed by atoms with Crippen LogP contribution in [0.25, 0.3) is 12.2 Å². The summed E-state index contributed by atoms with van der Waals surface area (Å²) in [7, 11) is 0. The molecule has 38 heavy (non-hydrogen) atoms. The molecule has 208 valence electrons. The number of benzene rings is 2. The molecule has 0 heterocycles. The second-order valence-electron chi connectivity index (χ2n) is 11.1. The lowest BCUT2D eigenvalue weighted by Gasteiger charge is -2.21. The van der Waals surface area contributed by atoms with Crippen molar-refractivity contribution in [3.05, 3.63) is 58.7 Å². The first-order chi connectivity index (χ1) is 17.9. The Balaban J connectivity index is 2.08. The second-order valence-corrected chi connectivity index (χ2v) is 11.1. The van der Waals surface area contributed by atoms with Crippen molar-refractivity contribution in [2.45, 2.75) is 78.2 Å². The Kier molecular flexibility index (Phi) is 11.3. The van der Waals surface area contributed by atoms with Crippen molar-refractivity contribution in [2.24, 2.45) is 5.41 Å². The highest BCUT2D eigenvalue weighted by molar-refractivity contribution is 5.64. The lowest BCUT2D eigenvalue weighted by atomic mass is 9.87. The summed E-state index contributed by atoms with van der Waals surface area (Å²) in [6.45, 7) is 8.22. The van der Waals surface area contributed by atoms with Gasteiger partial charge in [0.25, 0.3) is 6.47 Å². The molecule has 7 nitrogen and oxygen atoms in total. The summed E-state index contributed by atoms with van der Waals surface area (Å²) in [6, 6.07) is 6.01. The Morgan fingerprint density at radius 3 is 1.97 bits per heavy atom. The largest absolute Gasteiger partial charge is 0.508 e. The van der Waals surface area contributed by atoms with Crippen LogP contribution in [0.5, 0.6) is 23.0 Å². The molecule has 2 aromatic rings. The van der Waals surface area contributed by atoms with Gasteiger partial charge in [-0.05, 0) is 87.6 Å². The predicted octanol–water partition coefficient (Wildman–Crippen LogP) is 6.24. The van der Waals surface area contributed by atoms with E-state index in [2.05, 4.69) is 0 Å². The summed E-state index contributed by atoms with van der Waals surface area (Å²) in [6.07, 6.45) is 11.7. The van der Waals surface area contributed by atoms with E-state index in [0.29, 0.717) is 54.4 Å². The van der Waals surface area contributed by atoms with Crippen LogP contribution < -0.4 is 0 Å². The fourth-order valence-electron chi connectivity index (χ4n) is 4.14. The van der Waals surface area contributed by atoms with Crippen LogP contribution in [0.2, 0.25) is 0 Å². The lowest BCUT2D eigenvalue weighted by Crippen LogP contribution is -2.23. The number of aliphatic hydroxyl groups excluding tert-OH is 1. The van der Waals surface area contributed by atoms with E-state index in [1.807, 2.05) is 33.8 Å². The van der Waals surface area contributed by atoms with Gasteiger partial charge in [-0.3, -0.25) is 4.79 Å². The third-order valence-corrected chi connectivity index (χ3v) is 6.60. The van der Waals surface area contributed by atoms with Crippen molar-refractivity contribution in [1.29, 1.82) is 0 Å². The van der Waals surface area contributed by atoms with Gasteiger partial charge in [-0.25, -0.2) is 0 Å². The van der Waals surface area contributed by atoms with E-state index in [-0.39, 0.29) is 35.0 Å². The monoisotopic (exact) mass is 526 g/mol. The summed E-state index contributed by atoms with van der Waals surface area (Å²) in [5.74, 6) is 0.217. The maximum atomic E-state index is 10.7. The fraction of sp³-hybridized carbons (Fsp3) is 0.452. The van der Waals surface area contributed by atoms with Crippen molar-refractivity contribution in [2.75, 3.05) is 6.61 Å². The summed E-state index contributed by atoms with van der Waals surface area (Å²) in [4.78, 5) is 10.6. The van der Waals surface area contributed by atoms with Gasteiger partial charge in [0, 0.05) is 23.3 Å². The molecule has 0 fully saturated rings. The van der Waals surface area contributed by atoms with E-state index in [9.17, 15) is 30.3 Å². The van der Waals surface area contributed by atoms with E-state index in [0.717, 1.165) is 19.3 Å². The minimum atomic E-state index is -0.586. The van der Waals surface area contributed by atoms with E-state index >= 15 is 0 Å². The van der Waals surface area contributed by atoms with E-state index in [4.69, 9.17) is 4.74 Å².